The fourth-order valence-electron chi connectivity index (χ4n) is 34.1. The summed E-state index contributed by atoms with van der Waals surface area (Å²) in [6, 6.07) is 20.6. The van der Waals surface area contributed by atoms with E-state index in [2.05, 4.69) is 114 Å². The largest absolute Gasteiger partial charge is 0.469 e. The summed E-state index contributed by atoms with van der Waals surface area (Å²) in [5.41, 5.74) is 1.16. The van der Waals surface area contributed by atoms with Crippen LogP contribution in [0, 0.1) is 133 Å². The first-order valence-electron chi connectivity index (χ1n) is 40.0. The monoisotopic (exact) mass is 1340 g/mol. The van der Waals surface area contributed by atoms with Crippen LogP contribution in [0.2, 0.25) is 0 Å². The number of aliphatic hydroxyl groups is 3. The van der Waals surface area contributed by atoms with Crippen molar-refractivity contribution in [3.63, 3.8) is 0 Å². The number of rotatable bonds is 9. The molecule has 5 saturated heterocycles. The van der Waals surface area contributed by atoms with Crippen molar-refractivity contribution in [2.45, 2.75) is 182 Å². The fourth-order valence-corrected chi connectivity index (χ4v) is 34.1. The zero-order chi connectivity index (χ0) is 66.1. The first-order chi connectivity index (χ1) is 48.8. The van der Waals surface area contributed by atoms with Gasteiger partial charge in [-0.25, -0.2) is 4.79 Å². The molecule has 0 radical (unpaired) electrons. The summed E-state index contributed by atoms with van der Waals surface area (Å²) in [6.45, 7) is 3.78. The number of allylic oxidation sites excluding steroid dienone is 7. The van der Waals surface area contributed by atoms with Crippen molar-refractivity contribution in [2.75, 3.05) is 26.4 Å². The maximum Gasteiger partial charge on any atom is 0.339 e. The highest BCUT2D eigenvalue weighted by molar-refractivity contribution is 6.05. The Balaban J connectivity index is 0.746. The van der Waals surface area contributed by atoms with Crippen LogP contribution in [-0.4, -0.2) is 106 Å². The summed E-state index contributed by atoms with van der Waals surface area (Å²) >= 11 is 0. The molecule has 13 heteroatoms. The van der Waals surface area contributed by atoms with E-state index in [0.717, 1.165) is 101 Å². The zero-order valence-corrected chi connectivity index (χ0v) is 57.5. The number of epoxide rings is 1. The number of hydrogen-bond acceptors (Lipinski definition) is 13. The Morgan fingerprint density at radius 1 is 0.840 bits per heavy atom. The number of furan rings is 1. The van der Waals surface area contributed by atoms with E-state index in [0.29, 0.717) is 60.7 Å². The molecule has 16 aliphatic carbocycles. The average Bonchev–Trinajstić information content (AvgIpc) is 1.39. The van der Waals surface area contributed by atoms with Gasteiger partial charge < -0.3 is 43.6 Å². The van der Waals surface area contributed by atoms with E-state index in [9.17, 15) is 14.9 Å². The number of fused-ring (bicyclic) bond motifs is 6. The molecule has 3 aromatic rings. The summed E-state index contributed by atoms with van der Waals surface area (Å²) in [5, 5.41) is 42.5. The normalized spacial score (nSPS) is 53.5. The lowest BCUT2D eigenvalue weighted by atomic mass is 9.27. The molecule has 26 rings (SSSR count). The van der Waals surface area contributed by atoms with Crippen molar-refractivity contribution >= 4 is 28.9 Å². The van der Waals surface area contributed by atoms with Gasteiger partial charge in [-0.15, -0.1) is 0 Å². The number of nitrogens with one attached hydrogen (secondary N) is 1. The number of ketones is 1. The lowest BCUT2D eigenvalue weighted by Gasteiger charge is -2.76. The number of carbonyl (C=O) groups is 3. The number of carbonyl (C=O) groups excluding carboxylic acids is 3. The average molecular weight is 1340 g/mol. The summed E-state index contributed by atoms with van der Waals surface area (Å²) in [5.74, 6) is -0.0597. The standard InChI is InChI=1S/C87H94N2O11/c1-79-37-50-38-80-36-45-29-52(80)33-53-34-67-82-60-21-18-46-19-22-61-69(70(46)82)58-16-8-15-56(68(58)63(82)32-47-12-5-6-14-54(47)60)62(30-45)85(80)78(95)97-41-81-72(50)83(74(93)71(92)73(81)84(61,67)100-86(53,81)85,51-13-7-11-44(28-51)27-43-9-3-2-4-10-43)87(79)76(99-87)77(94)98-75(79)57-24-26-96-66(57)35-59(65(91)40-90)48-17-20-55-49(31-48)23-25-89-42-88-39-64(55)89/h2-4,8-10,15-16,18-19,22-26,30,32,34,44-45,47-52,54-55,59-61,64-65,67,69-70,72-76,88,90-91,93H,5-7,11-14,17,20-21,27-29,31,33,35-42H2,1H3/t44-,45-,47+,48-,49+,50-,51-,52+,54-,55-,59-,60+,61+,64+,65+,67+,69+,70-,72+,73-,74+,75-,76+,79-,80-,81+,82-,83-,84-,85-,86+,87+/m0/s1. The quantitative estimate of drug-likeness (QED) is 0.0904. The molecule has 9 saturated carbocycles. The third kappa shape index (κ3) is 5.87. The van der Waals surface area contributed by atoms with Gasteiger partial charge in [0, 0.05) is 64.5 Å². The number of nitrogens with zero attached hydrogens (tertiary/aromatic N) is 1. The van der Waals surface area contributed by atoms with E-state index < -0.39 is 91.5 Å². The molecule has 14 fully saturated rings. The van der Waals surface area contributed by atoms with Crippen LogP contribution in [0.4, 0.5) is 0 Å². The third-order valence-corrected chi connectivity index (χ3v) is 35.9. The minimum absolute atomic E-state index is 0.00710. The van der Waals surface area contributed by atoms with Crippen LogP contribution in [0.5, 0.6) is 0 Å². The van der Waals surface area contributed by atoms with Crippen molar-refractivity contribution in [3.8, 4) is 0 Å². The van der Waals surface area contributed by atoms with Gasteiger partial charge in [0.1, 0.15) is 41.2 Å². The van der Waals surface area contributed by atoms with Crippen LogP contribution in [0.15, 0.2) is 125 Å². The summed E-state index contributed by atoms with van der Waals surface area (Å²) < 4.78 is 39.2. The number of Topliss-reactive ketones (excluding diaryl/α,β-unsaturated/α-hetero) is 1. The molecule has 0 unspecified atom stereocenters. The van der Waals surface area contributed by atoms with Crippen molar-refractivity contribution in [1.82, 2.24) is 10.2 Å². The number of cyclic esters (lactones) is 2. The first kappa shape index (κ1) is 58.7. The highest BCUT2D eigenvalue weighted by atomic mass is 16.7. The molecule has 8 heterocycles. The predicted molar refractivity (Wildman–Crippen MR) is 367 cm³/mol. The topological polar surface area (TPSA) is 181 Å². The highest BCUT2D eigenvalue weighted by Gasteiger charge is 3.03. The van der Waals surface area contributed by atoms with Gasteiger partial charge >= 0.3 is 11.9 Å². The Morgan fingerprint density at radius 3 is 2.64 bits per heavy atom. The lowest BCUT2D eigenvalue weighted by molar-refractivity contribution is -0.308. The van der Waals surface area contributed by atoms with Gasteiger partial charge in [0.05, 0.1) is 42.6 Å². The number of ether oxygens (including phenoxy) is 4. The van der Waals surface area contributed by atoms with Crippen molar-refractivity contribution < 1.29 is 53.1 Å². The summed E-state index contributed by atoms with van der Waals surface area (Å²) in [6.07, 6.45) is 34.7. The number of hydrogen-bond donors (Lipinski definition) is 4. The molecule has 23 aliphatic rings. The van der Waals surface area contributed by atoms with Gasteiger partial charge in [-0.2, -0.15) is 0 Å². The summed E-state index contributed by atoms with van der Waals surface area (Å²) in [4.78, 5) is 55.2. The molecule has 13 nitrogen and oxygen atoms in total. The molecule has 7 aliphatic heterocycles. The number of benzene rings is 2. The van der Waals surface area contributed by atoms with Gasteiger partial charge in [-0.3, -0.25) is 14.9 Å². The smallest absolute Gasteiger partial charge is 0.339 e. The number of esters is 2. The highest BCUT2D eigenvalue weighted by Crippen LogP contribution is 2.97. The van der Waals surface area contributed by atoms with Gasteiger partial charge in [0.15, 0.2) is 11.9 Å². The molecule has 0 amide bonds. The van der Waals surface area contributed by atoms with Crippen molar-refractivity contribution in [2.24, 2.45) is 133 Å². The minimum Gasteiger partial charge on any atom is -0.469 e. The fraction of sp³-hybridized carbons (Fsp3) is 0.644. The summed E-state index contributed by atoms with van der Waals surface area (Å²) in [7, 11) is 0. The number of aliphatic hydroxyl groups excluding tert-OH is 3. The van der Waals surface area contributed by atoms with E-state index in [1.54, 1.807) is 6.26 Å². The van der Waals surface area contributed by atoms with Gasteiger partial charge in [0.25, 0.3) is 0 Å². The van der Waals surface area contributed by atoms with E-state index in [1.165, 1.54) is 64.7 Å². The Kier molecular flexibility index (Phi) is 11.0. The van der Waals surface area contributed by atoms with E-state index in [-0.39, 0.29) is 90.1 Å². The zero-order valence-electron chi connectivity index (χ0n) is 57.5. The second-order valence-corrected chi connectivity index (χ2v) is 37.9. The first-order valence-corrected chi connectivity index (χ1v) is 40.0. The Morgan fingerprint density at radius 2 is 1.74 bits per heavy atom. The van der Waals surface area contributed by atoms with Crippen LogP contribution >= 0.6 is 0 Å². The Labute approximate surface area is 585 Å². The predicted octanol–water partition coefficient (Wildman–Crippen LogP) is 12.1. The molecule has 32 atom stereocenters. The van der Waals surface area contributed by atoms with Crippen molar-refractivity contribution in [1.29, 1.82) is 0 Å². The van der Waals surface area contributed by atoms with Gasteiger partial charge in [-0.05, 0) is 229 Å². The molecule has 13 bridgehead atoms. The third-order valence-electron chi connectivity index (χ3n) is 35.9. The van der Waals surface area contributed by atoms with Crippen LogP contribution in [0.25, 0.3) is 11.1 Å². The van der Waals surface area contributed by atoms with E-state index >= 15 is 19.5 Å². The van der Waals surface area contributed by atoms with Crippen LogP contribution in [-0.2, 0) is 46.2 Å². The van der Waals surface area contributed by atoms with Gasteiger partial charge in [-0.1, -0.05) is 124 Å². The maximum atomic E-state index is 18.9. The molecule has 100 heavy (non-hydrogen) atoms. The molecular formula is C87H94N2O11. The van der Waals surface area contributed by atoms with Crippen LogP contribution in [0.3, 0.4) is 0 Å². The molecule has 7 spiro atoms. The van der Waals surface area contributed by atoms with E-state index in [4.69, 9.17) is 18.6 Å². The molecule has 1 aromatic heterocycles. The molecule has 518 valence electrons. The minimum atomic E-state index is -1.57. The van der Waals surface area contributed by atoms with E-state index in [1.807, 2.05) is 6.07 Å². The SMILES string of the molecule is C[C@@]12C[C@H]3C[C@@]45C[C@@H]6C=C7c8cccc9c8C8=C[C@H]%10CCCC[C@@H]%10[C@H]%10CC=C%11C=C[C@@H]%12[C@@H]9[C@H]%11[C@]8%10[C@H]8C=C(C[C@H]4C6)[C@@]46O[C@@]%128[C@H]8C(=O)[C@@H](O)[C@]([C@H]9CCC[C@@H](Cc%10ccccc%10)C9)([C@H]3[C@]84COC(=O)[C@@]756)[C@]13O[C@@H]3C(=O)O[C@H]2c1ccoc1C[C@@H]([C@H]1CC[C@H]2[C@H](C=CN3CNC[C@H]23)C1)[C@H](O)CO. The Bertz CT molecular complexity index is 4450. The molecule has 2 aromatic carbocycles. The Hall–Kier alpha value is -5.67. The molecule has 4 N–H and O–H groups in total. The second kappa shape index (κ2) is 18.7. The van der Waals surface area contributed by atoms with Crippen LogP contribution < -0.4 is 5.32 Å². The lowest BCUT2D eigenvalue weighted by Crippen LogP contribution is -2.83. The van der Waals surface area contributed by atoms with Crippen LogP contribution in [0.1, 0.15) is 162 Å². The maximum absolute atomic E-state index is 18.9. The van der Waals surface area contributed by atoms with Crippen molar-refractivity contribution in [3.05, 3.63) is 154 Å². The van der Waals surface area contributed by atoms with Gasteiger partial charge in [0.2, 0.25) is 0 Å². The second-order valence-electron chi connectivity index (χ2n) is 37.9. The molecular weight excluding hydrogens is 1250 g/mol.